The maximum atomic E-state index is 11.2. The third kappa shape index (κ3) is 3.61. The fourth-order valence-electron chi connectivity index (χ4n) is 1.31. The second-order valence-electron chi connectivity index (χ2n) is 3.49. The number of carbonyl (C=O) groups excluding carboxylic acids is 1. The van der Waals surface area contributed by atoms with Crippen LogP contribution in [0.2, 0.25) is 0 Å². The molecule has 0 fully saturated rings. The fourth-order valence-corrected chi connectivity index (χ4v) is 1.31. The van der Waals surface area contributed by atoms with Crippen molar-refractivity contribution in [3.05, 3.63) is 18.2 Å². The van der Waals surface area contributed by atoms with Gasteiger partial charge in [-0.05, 0) is 0 Å². The number of nitrogens with one attached hydrogen (secondary N) is 1. The van der Waals surface area contributed by atoms with Gasteiger partial charge in [0.15, 0.2) is 0 Å². The van der Waals surface area contributed by atoms with Gasteiger partial charge in [0.2, 0.25) is 5.91 Å². The predicted octanol–water partition coefficient (Wildman–Crippen LogP) is -0.554. The molecular weight excluding hydrogens is 224 g/mol. The Morgan fingerprint density at radius 2 is 2.41 bits per heavy atom. The molecule has 0 spiro atoms. The number of aryl methyl sites for hydroxylation is 1. The van der Waals surface area contributed by atoms with E-state index in [-0.39, 0.29) is 12.8 Å². The van der Waals surface area contributed by atoms with Gasteiger partial charge in [-0.25, -0.2) is 9.78 Å². The Hall–Kier alpha value is -2.36. The maximum absolute atomic E-state index is 11.2. The van der Waals surface area contributed by atoms with Crippen LogP contribution < -0.4 is 5.32 Å². The van der Waals surface area contributed by atoms with Gasteiger partial charge in [-0.1, -0.05) is 0 Å². The lowest BCUT2D eigenvalue weighted by molar-refractivity contribution is -0.141. The standard InChI is InChI=1S/C10H12N4O3/c1-14-6-12-5-7(14)4-8(10(16)17)13-9(15)2-3-11/h5-6,8H,2,4H2,1H3,(H,13,15)(H,16,17). The molecule has 0 saturated heterocycles. The van der Waals surface area contributed by atoms with Crippen LogP contribution >= 0.6 is 0 Å². The zero-order valence-corrected chi connectivity index (χ0v) is 9.25. The van der Waals surface area contributed by atoms with Gasteiger partial charge < -0.3 is 15.0 Å². The molecule has 0 bridgehead atoms. The van der Waals surface area contributed by atoms with Crippen LogP contribution in [0.1, 0.15) is 12.1 Å². The highest BCUT2D eigenvalue weighted by molar-refractivity contribution is 5.84. The van der Waals surface area contributed by atoms with Crippen LogP contribution in [-0.2, 0) is 23.1 Å². The molecule has 0 aliphatic rings. The number of amides is 1. The number of nitrogens with zero attached hydrogens (tertiary/aromatic N) is 3. The van der Waals surface area contributed by atoms with Gasteiger partial charge >= 0.3 is 5.97 Å². The largest absolute Gasteiger partial charge is 0.480 e. The normalized spacial score (nSPS) is 11.5. The molecule has 1 aromatic rings. The van der Waals surface area contributed by atoms with Crippen molar-refractivity contribution in [2.75, 3.05) is 0 Å². The number of hydrogen-bond acceptors (Lipinski definition) is 4. The summed E-state index contributed by atoms with van der Waals surface area (Å²) in [5.41, 5.74) is 0.689. The van der Waals surface area contributed by atoms with E-state index >= 15 is 0 Å². The second kappa shape index (κ2) is 5.65. The molecule has 1 unspecified atom stereocenters. The van der Waals surface area contributed by atoms with Gasteiger partial charge in [0, 0.05) is 25.4 Å². The molecule has 1 rings (SSSR count). The number of imidazole rings is 1. The number of carboxylic acid groups (broad SMARTS) is 1. The molecule has 0 radical (unpaired) electrons. The van der Waals surface area contributed by atoms with E-state index < -0.39 is 17.9 Å². The molecule has 17 heavy (non-hydrogen) atoms. The van der Waals surface area contributed by atoms with Crippen molar-refractivity contribution in [2.24, 2.45) is 7.05 Å². The molecule has 1 aromatic heterocycles. The van der Waals surface area contributed by atoms with E-state index in [9.17, 15) is 9.59 Å². The van der Waals surface area contributed by atoms with Crippen molar-refractivity contribution < 1.29 is 14.7 Å². The number of carbonyl (C=O) groups is 2. The van der Waals surface area contributed by atoms with Gasteiger partial charge in [0.1, 0.15) is 12.5 Å². The number of hydrogen-bond donors (Lipinski definition) is 2. The topological polar surface area (TPSA) is 108 Å². The highest BCUT2D eigenvalue weighted by atomic mass is 16.4. The number of carboxylic acids is 1. The Morgan fingerprint density at radius 1 is 1.71 bits per heavy atom. The fraction of sp³-hybridized carbons (Fsp3) is 0.400. The summed E-state index contributed by atoms with van der Waals surface area (Å²) in [6.45, 7) is 0. The van der Waals surface area contributed by atoms with Crippen molar-refractivity contribution in [3.8, 4) is 6.07 Å². The minimum Gasteiger partial charge on any atom is -0.480 e. The van der Waals surface area contributed by atoms with Crippen LogP contribution in [0.3, 0.4) is 0 Å². The molecule has 0 saturated carbocycles. The summed E-state index contributed by atoms with van der Waals surface area (Å²) >= 11 is 0. The third-order valence-electron chi connectivity index (χ3n) is 2.20. The zero-order chi connectivity index (χ0) is 12.8. The van der Waals surface area contributed by atoms with E-state index in [1.807, 2.05) is 0 Å². The summed E-state index contributed by atoms with van der Waals surface area (Å²) in [5.74, 6) is -1.74. The SMILES string of the molecule is Cn1cncc1CC(NC(=O)CC#N)C(=O)O. The number of aromatic nitrogens is 2. The predicted molar refractivity (Wildman–Crippen MR) is 56.7 cm³/mol. The molecule has 0 aliphatic heterocycles. The van der Waals surface area contributed by atoms with Crippen LogP contribution in [0.15, 0.2) is 12.5 Å². The Balaban J connectivity index is 2.68. The molecule has 0 aliphatic carbocycles. The van der Waals surface area contributed by atoms with Crippen LogP contribution in [0.25, 0.3) is 0 Å². The number of rotatable bonds is 5. The maximum Gasteiger partial charge on any atom is 0.326 e. The third-order valence-corrected chi connectivity index (χ3v) is 2.20. The summed E-state index contributed by atoms with van der Waals surface area (Å²) in [6.07, 6.45) is 2.86. The van der Waals surface area contributed by atoms with E-state index in [0.29, 0.717) is 5.69 Å². The van der Waals surface area contributed by atoms with Gasteiger partial charge in [-0.3, -0.25) is 4.79 Å². The molecule has 90 valence electrons. The number of nitriles is 1. The first kappa shape index (κ1) is 12.7. The van der Waals surface area contributed by atoms with Crippen molar-refractivity contribution in [2.45, 2.75) is 18.9 Å². The Bertz CT molecular complexity index is 460. The summed E-state index contributed by atoms with van der Waals surface area (Å²) in [4.78, 5) is 26.0. The Morgan fingerprint density at radius 3 is 2.88 bits per heavy atom. The molecule has 1 atom stereocenters. The molecule has 0 aromatic carbocycles. The van der Waals surface area contributed by atoms with Gasteiger partial charge in [-0.15, -0.1) is 0 Å². The summed E-state index contributed by atoms with van der Waals surface area (Å²) in [7, 11) is 1.73. The van der Waals surface area contributed by atoms with Crippen molar-refractivity contribution in [3.63, 3.8) is 0 Å². The highest BCUT2D eigenvalue weighted by Gasteiger charge is 2.21. The van der Waals surface area contributed by atoms with Crippen LogP contribution in [0.4, 0.5) is 0 Å². The number of aliphatic carboxylic acids is 1. The lowest BCUT2D eigenvalue weighted by atomic mass is 10.1. The molecule has 2 N–H and O–H groups in total. The van der Waals surface area contributed by atoms with Crippen LogP contribution in [-0.4, -0.2) is 32.6 Å². The van der Waals surface area contributed by atoms with Gasteiger partial charge in [-0.2, -0.15) is 5.26 Å². The minimum atomic E-state index is -1.14. The molecule has 7 heteroatoms. The average molecular weight is 236 g/mol. The first-order chi connectivity index (χ1) is 8.04. The van der Waals surface area contributed by atoms with Gasteiger partial charge in [0.05, 0.1) is 12.4 Å². The van der Waals surface area contributed by atoms with Crippen molar-refractivity contribution in [1.82, 2.24) is 14.9 Å². The van der Waals surface area contributed by atoms with E-state index in [2.05, 4.69) is 10.3 Å². The molecule has 7 nitrogen and oxygen atoms in total. The van der Waals surface area contributed by atoms with Crippen molar-refractivity contribution in [1.29, 1.82) is 5.26 Å². The van der Waals surface area contributed by atoms with Gasteiger partial charge in [0.25, 0.3) is 0 Å². The molecule has 1 heterocycles. The smallest absolute Gasteiger partial charge is 0.326 e. The van der Waals surface area contributed by atoms with E-state index in [1.54, 1.807) is 24.0 Å². The summed E-state index contributed by atoms with van der Waals surface area (Å²) < 4.78 is 1.67. The van der Waals surface area contributed by atoms with E-state index in [4.69, 9.17) is 10.4 Å². The lowest BCUT2D eigenvalue weighted by Crippen LogP contribution is -2.42. The van der Waals surface area contributed by atoms with E-state index in [1.165, 1.54) is 6.20 Å². The highest BCUT2D eigenvalue weighted by Crippen LogP contribution is 2.02. The molecular formula is C10H12N4O3. The Kier molecular flexibility index (Phi) is 4.22. The first-order valence-electron chi connectivity index (χ1n) is 4.89. The van der Waals surface area contributed by atoms with Crippen LogP contribution in [0, 0.1) is 11.3 Å². The minimum absolute atomic E-state index is 0.128. The van der Waals surface area contributed by atoms with E-state index in [0.717, 1.165) is 0 Å². The monoisotopic (exact) mass is 236 g/mol. The quantitative estimate of drug-likeness (QED) is 0.712. The first-order valence-corrected chi connectivity index (χ1v) is 4.89. The molecule has 1 amide bonds. The lowest BCUT2D eigenvalue weighted by Gasteiger charge is -2.13. The average Bonchev–Trinajstić information content (AvgIpc) is 2.63. The van der Waals surface area contributed by atoms with Crippen LogP contribution in [0.5, 0.6) is 0 Å². The van der Waals surface area contributed by atoms with Crippen molar-refractivity contribution >= 4 is 11.9 Å². The second-order valence-corrected chi connectivity index (χ2v) is 3.49. The Labute approximate surface area is 97.7 Å². The summed E-state index contributed by atoms with van der Waals surface area (Å²) in [5, 5.41) is 19.6. The summed E-state index contributed by atoms with van der Waals surface area (Å²) in [6, 6.07) is 0.610. The zero-order valence-electron chi connectivity index (χ0n) is 9.25.